The van der Waals surface area contributed by atoms with Crippen molar-refractivity contribution in [1.29, 1.82) is 0 Å². The van der Waals surface area contributed by atoms with Crippen LogP contribution in [0.2, 0.25) is 0 Å². The van der Waals surface area contributed by atoms with Crippen LogP contribution in [0, 0.1) is 12.8 Å². The highest BCUT2D eigenvalue weighted by Gasteiger charge is 2.43. The Bertz CT molecular complexity index is 1380. The van der Waals surface area contributed by atoms with E-state index in [0.717, 1.165) is 54.2 Å². The van der Waals surface area contributed by atoms with E-state index in [1.54, 1.807) is 0 Å². The minimum atomic E-state index is -1.34. The van der Waals surface area contributed by atoms with Crippen molar-refractivity contribution in [2.45, 2.75) is 63.8 Å². The molecule has 0 saturated carbocycles. The second kappa shape index (κ2) is 10.1. The average Bonchev–Trinajstić information content (AvgIpc) is 3.62. The summed E-state index contributed by atoms with van der Waals surface area (Å²) in [4.78, 5) is 0. The zero-order chi connectivity index (χ0) is 26.5. The molecule has 7 heteroatoms. The van der Waals surface area contributed by atoms with Crippen molar-refractivity contribution < 1.29 is 33.9 Å². The molecule has 2 fully saturated rings. The lowest BCUT2D eigenvalue weighted by Gasteiger charge is -2.30. The summed E-state index contributed by atoms with van der Waals surface area (Å²) in [5.74, 6) is 2.81. The Labute approximate surface area is 228 Å². The summed E-state index contributed by atoms with van der Waals surface area (Å²) >= 11 is 0. The first-order valence-corrected chi connectivity index (χ1v) is 13.9. The van der Waals surface area contributed by atoms with E-state index in [0.29, 0.717) is 25.7 Å². The number of aliphatic hydroxyl groups excluding tert-OH is 1. The summed E-state index contributed by atoms with van der Waals surface area (Å²) in [5.41, 5.74) is 8.53. The monoisotopic (exact) mass is 530 g/mol. The van der Waals surface area contributed by atoms with Gasteiger partial charge < -0.3 is 33.9 Å². The van der Waals surface area contributed by atoms with Crippen molar-refractivity contribution >= 4 is 0 Å². The maximum atomic E-state index is 9.32. The first-order valence-electron chi connectivity index (χ1n) is 13.9. The van der Waals surface area contributed by atoms with E-state index in [-0.39, 0.29) is 24.7 Å². The second-order valence-electron chi connectivity index (χ2n) is 11.1. The number of ether oxygens (including phenoxy) is 5. The van der Waals surface area contributed by atoms with E-state index in [9.17, 15) is 10.2 Å². The summed E-state index contributed by atoms with van der Waals surface area (Å²) < 4.78 is 29.9. The molecule has 3 aromatic rings. The predicted octanol–water partition coefficient (Wildman–Crippen LogP) is 4.66. The first-order chi connectivity index (χ1) is 19.0. The van der Waals surface area contributed by atoms with Gasteiger partial charge in [0.25, 0.3) is 0 Å². The lowest BCUT2D eigenvalue weighted by Crippen LogP contribution is -2.27. The van der Waals surface area contributed by atoms with Gasteiger partial charge in [-0.25, -0.2) is 0 Å². The molecule has 3 aliphatic heterocycles. The van der Waals surface area contributed by atoms with Crippen LogP contribution in [-0.2, 0) is 28.9 Å². The molecule has 3 heterocycles. The van der Waals surface area contributed by atoms with E-state index in [4.69, 9.17) is 23.7 Å². The number of aliphatic hydroxyl groups is 2. The van der Waals surface area contributed by atoms with Gasteiger partial charge in [0.05, 0.1) is 25.7 Å². The minimum Gasteiger partial charge on any atom is -0.493 e. The molecular formula is C32H34O7. The summed E-state index contributed by atoms with van der Waals surface area (Å²) in [6.07, 6.45) is 1.98. The van der Waals surface area contributed by atoms with Crippen LogP contribution in [0.15, 0.2) is 48.5 Å². The molecule has 7 nitrogen and oxygen atoms in total. The molecule has 0 bridgehead atoms. The van der Waals surface area contributed by atoms with Gasteiger partial charge in [0.2, 0.25) is 0 Å². The Kier molecular flexibility index (Phi) is 6.47. The Morgan fingerprint density at radius 1 is 1.00 bits per heavy atom. The van der Waals surface area contributed by atoms with Crippen LogP contribution < -0.4 is 14.2 Å². The lowest BCUT2D eigenvalue weighted by molar-refractivity contribution is -0.0906. The Morgan fingerprint density at radius 3 is 2.74 bits per heavy atom. The number of hydrogen-bond donors (Lipinski definition) is 2. The van der Waals surface area contributed by atoms with Crippen molar-refractivity contribution in [3.63, 3.8) is 0 Å². The van der Waals surface area contributed by atoms with Crippen LogP contribution in [0.1, 0.15) is 46.6 Å². The molecule has 4 atom stereocenters. The molecule has 4 aliphatic rings. The molecule has 0 radical (unpaired) electrons. The molecule has 2 saturated heterocycles. The molecule has 4 unspecified atom stereocenters. The first kappa shape index (κ1) is 24.9. The van der Waals surface area contributed by atoms with Crippen molar-refractivity contribution in [3.8, 4) is 28.4 Å². The number of benzene rings is 3. The maximum absolute atomic E-state index is 9.32. The highest BCUT2D eigenvalue weighted by atomic mass is 16.7. The van der Waals surface area contributed by atoms with Gasteiger partial charge in [-0.3, -0.25) is 0 Å². The van der Waals surface area contributed by atoms with Crippen molar-refractivity contribution in [3.05, 3.63) is 76.3 Å². The maximum Gasteiger partial charge on any atom is 0.164 e. The van der Waals surface area contributed by atoms with Crippen LogP contribution in [0.5, 0.6) is 17.2 Å². The van der Waals surface area contributed by atoms with Crippen molar-refractivity contribution in [2.24, 2.45) is 5.92 Å². The van der Waals surface area contributed by atoms with Gasteiger partial charge in [-0.05, 0) is 77.8 Å². The number of aryl methyl sites for hydroxylation is 1. The standard InChI is InChI=1S/C32H34O7/c1-18-11-28(39-29-17-38-32-26(29)9-10-35-32)24-7-8-25(24)31(18)20-4-2-3-19(12-20)15-36-22-5-6-23-21(13-30(33)34)16-37-27(23)14-22/h2-6,11-12,14,21,26,29-30,32-34H,7-10,13,15-17H2,1H3. The third-order valence-electron chi connectivity index (χ3n) is 8.58. The topological polar surface area (TPSA) is 86.6 Å². The fraction of sp³-hybridized carbons (Fsp3) is 0.438. The molecular weight excluding hydrogens is 496 g/mol. The third-order valence-corrected chi connectivity index (χ3v) is 8.58. The Hall–Kier alpha value is -3.10. The van der Waals surface area contributed by atoms with E-state index < -0.39 is 6.29 Å². The van der Waals surface area contributed by atoms with Gasteiger partial charge in [0.1, 0.15) is 30.0 Å². The summed E-state index contributed by atoms with van der Waals surface area (Å²) in [6.45, 7) is 4.41. The van der Waals surface area contributed by atoms with Crippen molar-refractivity contribution in [1.82, 2.24) is 0 Å². The van der Waals surface area contributed by atoms with Crippen molar-refractivity contribution in [2.75, 3.05) is 19.8 Å². The van der Waals surface area contributed by atoms with Crippen LogP contribution in [-0.4, -0.2) is 48.7 Å². The van der Waals surface area contributed by atoms with E-state index >= 15 is 0 Å². The molecule has 0 amide bonds. The Balaban J connectivity index is 1.07. The van der Waals surface area contributed by atoms with Crippen LogP contribution in [0.3, 0.4) is 0 Å². The van der Waals surface area contributed by atoms with Gasteiger partial charge in [0, 0.05) is 24.0 Å². The van der Waals surface area contributed by atoms with Crippen LogP contribution in [0.4, 0.5) is 0 Å². The molecule has 0 aromatic heterocycles. The van der Waals surface area contributed by atoms with Gasteiger partial charge in [0.15, 0.2) is 12.6 Å². The van der Waals surface area contributed by atoms with Gasteiger partial charge in [-0.15, -0.1) is 0 Å². The molecule has 1 aliphatic carbocycles. The molecule has 3 aromatic carbocycles. The quantitative estimate of drug-likeness (QED) is 0.410. The van der Waals surface area contributed by atoms with Gasteiger partial charge in [-0.2, -0.15) is 0 Å². The average molecular weight is 531 g/mol. The number of fused-ring (bicyclic) bond motifs is 3. The summed E-state index contributed by atoms with van der Waals surface area (Å²) in [7, 11) is 0. The zero-order valence-corrected chi connectivity index (χ0v) is 22.1. The Morgan fingerprint density at radius 2 is 1.90 bits per heavy atom. The number of rotatable bonds is 8. The third kappa shape index (κ3) is 4.67. The zero-order valence-electron chi connectivity index (χ0n) is 22.1. The van der Waals surface area contributed by atoms with Crippen LogP contribution in [0.25, 0.3) is 11.1 Å². The molecule has 2 N–H and O–H groups in total. The minimum absolute atomic E-state index is 0.0106. The summed E-state index contributed by atoms with van der Waals surface area (Å²) in [5, 5.41) is 18.6. The van der Waals surface area contributed by atoms with Gasteiger partial charge >= 0.3 is 0 Å². The lowest BCUT2D eigenvalue weighted by atomic mass is 9.79. The largest absolute Gasteiger partial charge is 0.493 e. The molecule has 204 valence electrons. The second-order valence-corrected chi connectivity index (χ2v) is 11.1. The fourth-order valence-electron chi connectivity index (χ4n) is 6.51. The van der Waals surface area contributed by atoms with E-state index in [1.807, 2.05) is 18.2 Å². The SMILES string of the molecule is Cc1cc(OC2COC3OCCC23)c2c(c1-c1cccc(COc3ccc4c(c3)OCC4CC(O)O)c1)CC2. The molecule has 0 spiro atoms. The highest BCUT2D eigenvalue weighted by molar-refractivity contribution is 5.76. The fourth-order valence-corrected chi connectivity index (χ4v) is 6.51. The van der Waals surface area contributed by atoms with Gasteiger partial charge in [-0.1, -0.05) is 24.3 Å². The van der Waals surface area contributed by atoms with Crippen LogP contribution >= 0.6 is 0 Å². The smallest absolute Gasteiger partial charge is 0.164 e. The van der Waals surface area contributed by atoms with E-state index in [2.05, 4.69) is 37.3 Å². The predicted molar refractivity (Wildman–Crippen MR) is 144 cm³/mol. The molecule has 39 heavy (non-hydrogen) atoms. The van der Waals surface area contributed by atoms with E-state index in [1.165, 1.54) is 27.8 Å². The number of hydrogen-bond acceptors (Lipinski definition) is 7. The molecule has 7 rings (SSSR count). The summed E-state index contributed by atoms with van der Waals surface area (Å²) in [6, 6.07) is 16.6. The normalized spacial score (nSPS) is 24.6. The highest BCUT2D eigenvalue weighted by Crippen LogP contribution is 2.44.